The first-order chi connectivity index (χ1) is 11.3. The molecule has 130 valence electrons. The normalized spacial score (nSPS) is 12.8. The Morgan fingerprint density at radius 3 is 2.46 bits per heavy atom. The molecular formula is C16H14ClF3INO2. The van der Waals surface area contributed by atoms with Crippen LogP contribution in [0.1, 0.15) is 5.56 Å². The Labute approximate surface area is 156 Å². The standard InChI is InChI=1S/C16H14ClF3INO2/c1-23-15-7-13(21)14(8-22-15)24-9-11(16(18,19)20)6-10-2-4-12(17)5-3-10/h2-5,7-8,11H,6,9H2,1H3. The van der Waals surface area contributed by atoms with Crippen LogP contribution in [0.25, 0.3) is 0 Å². The van der Waals surface area contributed by atoms with Crippen LogP contribution in [-0.4, -0.2) is 24.9 Å². The lowest BCUT2D eigenvalue weighted by molar-refractivity contribution is -0.181. The summed E-state index contributed by atoms with van der Waals surface area (Å²) in [4.78, 5) is 3.94. The van der Waals surface area contributed by atoms with Crippen molar-refractivity contribution in [2.75, 3.05) is 13.7 Å². The fourth-order valence-electron chi connectivity index (χ4n) is 1.98. The molecule has 1 atom stereocenters. The van der Waals surface area contributed by atoms with E-state index in [1.807, 2.05) is 22.6 Å². The number of halogens is 5. The van der Waals surface area contributed by atoms with E-state index in [2.05, 4.69) is 4.98 Å². The third-order valence-corrected chi connectivity index (χ3v) is 4.40. The van der Waals surface area contributed by atoms with E-state index < -0.39 is 18.7 Å². The van der Waals surface area contributed by atoms with Crippen LogP contribution in [0.2, 0.25) is 5.02 Å². The van der Waals surface area contributed by atoms with Crippen molar-refractivity contribution < 1.29 is 22.6 Å². The highest BCUT2D eigenvalue weighted by molar-refractivity contribution is 14.1. The molecule has 0 aliphatic rings. The molecule has 0 bridgehead atoms. The molecule has 0 aliphatic carbocycles. The highest BCUT2D eigenvalue weighted by atomic mass is 127. The van der Waals surface area contributed by atoms with E-state index in [0.717, 1.165) is 0 Å². The molecule has 24 heavy (non-hydrogen) atoms. The molecule has 1 unspecified atom stereocenters. The number of pyridine rings is 1. The average molecular weight is 472 g/mol. The summed E-state index contributed by atoms with van der Waals surface area (Å²) in [7, 11) is 1.46. The Bertz CT molecular complexity index is 680. The van der Waals surface area contributed by atoms with Gasteiger partial charge in [0.05, 0.1) is 22.8 Å². The first-order valence-electron chi connectivity index (χ1n) is 6.93. The molecule has 2 rings (SSSR count). The van der Waals surface area contributed by atoms with Gasteiger partial charge in [-0.15, -0.1) is 0 Å². The lowest BCUT2D eigenvalue weighted by Gasteiger charge is -2.21. The summed E-state index contributed by atoms with van der Waals surface area (Å²) in [5, 5.41) is 0.484. The minimum absolute atomic E-state index is 0.180. The van der Waals surface area contributed by atoms with E-state index >= 15 is 0 Å². The SMILES string of the molecule is COc1cc(I)c(OCC(Cc2ccc(Cl)cc2)C(F)(F)F)cn1. The summed E-state index contributed by atoms with van der Waals surface area (Å²) in [6.45, 7) is -0.490. The first kappa shape index (κ1) is 19.1. The lowest BCUT2D eigenvalue weighted by Crippen LogP contribution is -2.30. The topological polar surface area (TPSA) is 31.4 Å². The Kier molecular flexibility index (Phi) is 6.56. The number of benzene rings is 1. The monoisotopic (exact) mass is 471 g/mol. The van der Waals surface area contributed by atoms with Gasteiger partial charge in [-0.2, -0.15) is 13.2 Å². The van der Waals surface area contributed by atoms with Gasteiger partial charge in [-0.3, -0.25) is 0 Å². The van der Waals surface area contributed by atoms with Crippen molar-refractivity contribution >= 4 is 34.2 Å². The summed E-state index contributed by atoms with van der Waals surface area (Å²) in [5.74, 6) is -0.960. The molecule has 0 aliphatic heterocycles. The second-order valence-electron chi connectivity index (χ2n) is 5.04. The minimum atomic E-state index is -4.37. The van der Waals surface area contributed by atoms with E-state index in [9.17, 15) is 13.2 Å². The third kappa shape index (κ3) is 5.41. The van der Waals surface area contributed by atoms with Gasteiger partial charge in [0, 0.05) is 11.1 Å². The van der Waals surface area contributed by atoms with Crippen molar-refractivity contribution in [3.05, 3.63) is 50.7 Å². The smallest absolute Gasteiger partial charge is 0.395 e. The number of alkyl halides is 3. The molecule has 0 saturated heterocycles. The van der Waals surface area contributed by atoms with Gasteiger partial charge in [0.2, 0.25) is 5.88 Å². The fourth-order valence-corrected chi connectivity index (χ4v) is 2.67. The van der Waals surface area contributed by atoms with Crippen molar-refractivity contribution in [2.24, 2.45) is 5.92 Å². The Balaban J connectivity index is 2.08. The van der Waals surface area contributed by atoms with Crippen LogP contribution >= 0.6 is 34.2 Å². The molecule has 2 aromatic rings. The van der Waals surface area contributed by atoms with E-state index in [4.69, 9.17) is 21.1 Å². The molecule has 0 radical (unpaired) electrons. The molecule has 0 fully saturated rings. The summed E-state index contributed by atoms with van der Waals surface area (Å²) < 4.78 is 50.7. The third-order valence-electron chi connectivity index (χ3n) is 3.30. The maximum Gasteiger partial charge on any atom is 0.395 e. The van der Waals surface area contributed by atoms with Crippen molar-refractivity contribution in [1.82, 2.24) is 4.98 Å². The van der Waals surface area contributed by atoms with E-state index in [1.54, 1.807) is 30.3 Å². The quantitative estimate of drug-likeness (QED) is 0.546. The van der Waals surface area contributed by atoms with Gasteiger partial charge in [-0.05, 0) is 46.7 Å². The second kappa shape index (κ2) is 8.24. The van der Waals surface area contributed by atoms with Crippen LogP contribution in [0, 0.1) is 9.49 Å². The number of hydrogen-bond acceptors (Lipinski definition) is 3. The Hall–Kier alpha value is -1.22. The molecule has 0 N–H and O–H groups in total. The van der Waals surface area contributed by atoms with Crippen LogP contribution < -0.4 is 9.47 Å². The van der Waals surface area contributed by atoms with Gasteiger partial charge in [-0.1, -0.05) is 23.7 Å². The predicted octanol–water partition coefficient (Wildman–Crippen LogP) is 5.15. The summed E-state index contributed by atoms with van der Waals surface area (Å²) in [6.07, 6.45) is -3.19. The van der Waals surface area contributed by atoms with Crippen molar-refractivity contribution in [2.45, 2.75) is 12.6 Å². The Morgan fingerprint density at radius 1 is 1.25 bits per heavy atom. The lowest BCUT2D eigenvalue weighted by atomic mass is 9.99. The zero-order valence-electron chi connectivity index (χ0n) is 12.6. The van der Waals surface area contributed by atoms with Gasteiger partial charge >= 0.3 is 6.18 Å². The summed E-state index contributed by atoms with van der Waals surface area (Å²) in [5.41, 5.74) is 0.549. The minimum Gasteiger partial charge on any atom is -0.490 e. The van der Waals surface area contributed by atoms with Crippen LogP contribution in [-0.2, 0) is 6.42 Å². The number of rotatable bonds is 6. The zero-order chi connectivity index (χ0) is 17.7. The van der Waals surface area contributed by atoms with Gasteiger partial charge in [0.1, 0.15) is 6.61 Å². The number of methoxy groups -OCH3 is 1. The molecular weight excluding hydrogens is 458 g/mol. The number of ether oxygens (including phenoxy) is 2. The van der Waals surface area contributed by atoms with Gasteiger partial charge in [-0.25, -0.2) is 4.98 Å². The van der Waals surface area contributed by atoms with Crippen molar-refractivity contribution in [3.63, 3.8) is 0 Å². The van der Waals surface area contributed by atoms with Crippen LogP contribution in [0.15, 0.2) is 36.5 Å². The summed E-state index contributed by atoms with van der Waals surface area (Å²) in [6, 6.07) is 7.90. The van der Waals surface area contributed by atoms with Crippen LogP contribution in [0.5, 0.6) is 11.6 Å². The largest absolute Gasteiger partial charge is 0.490 e. The van der Waals surface area contributed by atoms with Crippen molar-refractivity contribution in [1.29, 1.82) is 0 Å². The van der Waals surface area contributed by atoms with E-state index in [1.165, 1.54) is 13.3 Å². The van der Waals surface area contributed by atoms with Gasteiger partial charge in [0.25, 0.3) is 0 Å². The van der Waals surface area contributed by atoms with Gasteiger partial charge < -0.3 is 9.47 Å². The maximum atomic E-state index is 13.3. The molecule has 1 heterocycles. The number of aromatic nitrogens is 1. The number of nitrogens with zero attached hydrogens (tertiary/aromatic N) is 1. The molecule has 0 saturated carbocycles. The average Bonchev–Trinajstić information content (AvgIpc) is 2.53. The first-order valence-corrected chi connectivity index (χ1v) is 8.38. The van der Waals surface area contributed by atoms with Gasteiger partial charge in [0.15, 0.2) is 5.75 Å². The summed E-state index contributed by atoms with van der Waals surface area (Å²) >= 11 is 7.72. The van der Waals surface area contributed by atoms with Crippen LogP contribution in [0.3, 0.4) is 0 Å². The predicted molar refractivity (Wildman–Crippen MR) is 93.7 cm³/mol. The molecule has 0 spiro atoms. The Morgan fingerprint density at radius 2 is 1.92 bits per heavy atom. The second-order valence-corrected chi connectivity index (χ2v) is 6.64. The van der Waals surface area contributed by atoms with E-state index in [-0.39, 0.29) is 6.42 Å². The van der Waals surface area contributed by atoms with Crippen LogP contribution in [0.4, 0.5) is 13.2 Å². The fraction of sp³-hybridized carbons (Fsp3) is 0.312. The van der Waals surface area contributed by atoms with E-state index in [0.29, 0.717) is 25.8 Å². The molecule has 0 amide bonds. The zero-order valence-corrected chi connectivity index (χ0v) is 15.5. The molecule has 3 nitrogen and oxygen atoms in total. The maximum absolute atomic E-state index is 13.3. The van der Waals surface area contributed by atoms with Crippen molar-refractivity contribution in [3.8, 4) is 11.6 Å². The highest BCUT2D eigenvalue weighted by Gasteiger charge is 2.40. The number of hydrogen-bond donors (Lipinski definition) is 0. The molecule has 1 aromatic heterocycles. The molecule has 8 heteroatoms. The highest BCUT2D eigenvalue weighted by Crippen LogP contribution is 2.31. The molecule has 1 aromatic carbocycles.